The monoisotopic (exact) mass is 407 g/mol. The van der Waals surface area contributed by atoms with Crippen LogP contribution in [0, 0.1) is 0 Å². The molecule has 0 amide bonds. The SMILES string of the molecule is CN(CCO)CCOc1ccc(/C(=C(/Cl)c2ccccc2)c2ccccc2)cc1. The number of aliphatic hydroxyl groups is 1. The van der Waals surface area contributed by atoms with Gasteiger partial charge in [-0.1, -0.05) is 84.4 Å². The average Bonchev–Trinajstić information content (AvgIpc) is 2.76. The smallest absolute Gasteiger partial charge is 0.119 e. The third-order valence-electron chi connectivity index (χ3n) is 4.68. The standard InChI is InChI=1S/C25H26ClNO2/c1-27(16-18-28)17-19-29-23-14-12-21(13-15-23)24(20-8-4-2-5-9-20)25(26)22-10-6-3-7-11-22/h2-15,28H,16-19H2,1H3/b25-24+. The van der Waals surface area contributed by atoms with Gasteiger partial charge in [0.1, 0.15) is 12.4 Å². The highest BCUT2D eigenvalue weighted by Gasteiger charge is 2.12. The van der Waals surface area contributed by atoms with E-state index in [2.05, 4.69) is 12.1 Å². The molecule has 0 spiro atoms. The van der Waals surface area contributed by atoms with Crippen molar-refractivity contribution in [2.45, 2.75) is 0 Å². The van der Waals surface area contributed by atoms with Gasteiger partial charge in [0.05, 0.1) is 11.6 Å². The molecule has 0 saturated heterocycles. The first-order valence-corrected chi connectivity index (χ1v) is 10.1. The molecule has 3 rings (SSSR count). The molecular weight excluding hydrogens is 382 g/mol. The molecule has 3 nitrogen and oxygen atoms in total. The number of ether oxygens (including phenoxy) is 1. The molecule has 0 heterocycles. The van der Waals surface area contributed by atoms with Gasteiger partial charge in [0, 0.05) is 18.7 Å². The van der Waals surface area contributed by atoms with Crippen molar-refractivity contribution < 1.29 is 9.84 Å². The summed E-state index contributed by atoms with van der Waals surface area (Å²) in [7, 11) is 1.96. The van der Waals surface area contributed by atoms with E-state index >= 15 is 0 Å². The lowest BCUT2D eigenvalue weighted by Gasteiger charge is -2.16. The minimum absolute atomic E-state index is 0.155. The highest BCUT2D eigenvalue weighted by Crippen LogP contribution is 2.35. The fraction of sp³-hybridized carbons (Fsp3) is 0.200. The molecule has 29 heavy (non-hydrogen) atoms. The summed E-state index contributed by atoms with van der Waals surface area (Å²) in [6.07, 6.45) is 0. The molecule has 0 unspecified atom stereocenters. The maximum atomic E-state index is 8.96. The summed E-state index contributed by atoms with van der Waals surface area (Å²) in [5.41, 5.74) is 4.09. The third-order valence-corrected chi connectivity index (χ3v) is 5.08. The maximum absolute atomic E-state index is 8.96. The van der Waals surface area contributed by atoms with Crippen molar-refractivity contribution in [2.24, 2.45) is 0 Å². The van der Waals surface area contributed by atoms with E-state index in [1.54, 1.807) is 0 Å². The highest BCUT2D eigenvalue weighted by molar-refractivity contribution is 6.53. The molecule has 0 aromatic heterocycles. The number of halogens is 1. The Morgan fingerprint density at radius 3 is 1.93 bits per heavy atom. The minimum Gasteiger partial charge on any atom is -0.492 e. The molecule has 0 radical (unpaired) electrons. The van der Waals surface area contributed by atoms with Crippen LogP contribution in [0.1, 0.15) is 16.7 Å². The van der Waals surface area contributed by atoms with Crippen molar-refractivity contribution in [3.8, 4) is 5.75 Å². The van der Waals surface area contributed by atoms with Crippen LogP contribution in [0.15, 0.2) is 84.9 Å². The van der Waals surface area contributed by atoms with E-state index in [-0.39, 0.29) is 6.61 Å². The van der Waals surface area contributed by atoms with Crippen molar-refractivity contribution in [1.29, 1.82) is 0 Å². The summed E-state index contributed by atoms with van der Waals surface area (Å²) in [5, 5.41) is 9.68. The summed E-state index contributed by atoms with van der Waals surface area (Å²) >= 11 is 6.85. The maximum Gasteiger partial charge on any atom is 0.119 e. The van der Waals surface area contributed by atoms with Crippen LogP contribution in [0.4, 0.5) is 0 Å². The van der Waals surface area contributed by atoms with Gasteiger partial charge in [-0.2, -0.15) is 0 Å². The summed E-state index contributed by atoms with van der Waals surface area (Å²) in [5.74, 6) is 0.814. The van der Waals surface area contributed by atoms with E-state index in [9.17, 15) is 0 Å². The lowest BCUT2D eigenvalue weighted by atomic mass is 9.95. The summed E-state index contributed by atoms with van der Waals surface area (Å²) in [6, 6.07) is 28.2. The van der Waals surface area contributed by atoms with Crippen molar-refractivity contribution in [3.05, 3.63) is 102 Å². The molecule has 0 atom stereocenters. The lowest BCUT2D eigenvalue weighted by Crippen LogP contribution is -2.27. The van der Waals surface area contributed by atoms with Gasteiger partial charge in [-0.3, -0.25) is 0 Å². The van der Waals surface area contributed by atoms with Gasteiger partial charge in [-0.05, 0) is 35.9 Å². The first-order valence-electron chi connectivity index (χ1n) is 9.72. The van der Waals surface area contributed by atoms with Gasteiger partial charge in [-0.15, -0.1) is 0 Å². The zero-order chi connectivity index (χ0) is 20.5. The van der Waals surface area contributed by atoms with Crippen molar-refractivity contribution in [3.63, 3.8) is 0 Å². The summed E-state index contributed by atoms with van der Waals surface area (Å²) < 4.78 is 5.84. The Bertz CT molecular complexity index is 909. The van der Waals surface area contributed by atoms with E-state index in [1.165, 1.54) is 0 Å². The zero-order valence-corrected chi connectivity index (χ0v) is 17.3. The average molecular weight is 408 g/mol. The molecule has 1 N–H and O–H groups in total. The second-order valence-electron chi connectivity index (χ2n) is 6.82. The predicted molar refractivity (Wildman–Crippen MR) is 121 cm³/mol. The zero-order valence-electron chi connectivity index (χ0n) is 16.6. The minimum atomic E-state index is 0.155. The number of hydrogen-bond acceptors (Lipinski definition) is 3. The van der Waals surface area contributed by atoms with Crippen LogP contribution in [-0.2, 0) is 0 Å². The summed E-state index contributed by atoms with van der Waals surface area (Å²) in [4.78, 5) is 2.03. The van der Waals surface area contributed by atoms with Crippen molar-refractivity contribution >= 4 is 22.2 Å². The Balaban J connectivity index is 1.84. The number of rotatable bonds is 9. The van der Waals surface area contributed by atoms with Crippen LogP contribution in [0.5, 0.6) is 5.75 Å². The van der Waals surface area contributed by atoms with Crippen molar-refractivity contribution in [2.75, 3.05) is 33.4 Å². The van der Waals surface area contributed by atoms with Crippen LogP contribution in [0.3, 0.4) is 0 Å². The van der Waals surface area contributed by atoms with Gasteiger partial charge in [0.2, 0.25) is 0 Å². The lowest BCUT2D eigenvalue weighted by molar-refractivity contribution is 0.192. The quantitative estimate of drug-likeness (QED) is 0.498. The molecule has 0 bridgehead atoms. The first-order chi connectivity index (χ1) is 14.2. The Morgan fingerprint density at radius 1 is 0.793 bits per heavy atom. The number of hydrogen-bond donors (Lipinski definition) is 1. The number of nitrogens with zero attached hydrogens (tertiary/aromatic N) is 1. The van der Waals surface area contributed by atoms with Crippen LogP contribution < -0.4 is 4.74 Å². The van der Waals surface area contributed by atoms with Gasteiger partial charge in [0.15, 0.2) is 0 Å². The molecule has 3 aromatic carbocycles. The molecular formula is C25H26ClNO2. The molecule has 3 aromatic rings. The summed E-state index contributed by atoms with van der Waals surface area (Å²) in [6.45, 7) is 2.13. The highest BCUT2D eigenvalue weighted by atomic mass is 35.5. The predicted octanol–water partition coefficient (Wildman–Crippen LogP) is 5.14. The van der Waals surface area contributed by atoms with E-state index in [0.717, 1.165) is 39.6 Å². The fourth-order valence-electron chi connectivity index (χ4n) is 3.07. The molecule has 0 fully saturated rings. The van der Waals surface area contributed by atoms with Gasteiger partial charge >= 0.3 is 0 Å². The molecule has 0 aliphatic carbocycles. The van der Waals surface area contributed by atoms with E-state index in [4.69, 9.17) is 21.4 Å². The molecule has 0 aliphatic heterocycles. The van der Waals surface area contributed by atoms with Gasteiger partial charge in [0.25, 0.3) is 0 Å². The first kappa shape index (κ1) is 21.1. The number of likely N-dealkylation sites (N-methyl/N-ethyl adjacent to an activating group) is 1. The Labute approximate surface area is 177 Å². The topological polar surface area (TPSA) is 32.7 Å². The normalized spacial score (nSPS) is 12.0. The molecule has 4 heteroatoms. The Morgan fingerprint density at radius 2 is 1.34 bits per heavy atom. The van der Waals surface area contributed by atoms with Gasteiger partial charge < -0.3 is 14.7 Å². The number of benzene rings is 3. The molecule has 0 aliphatic rings. The Hall–Kier alpha value is -2.59. The van der Waals surface area contributed by atoms with E-state index in [1.807, 2.05) is 84.7 Å². The second kappa shape index (κ2) is 10.8. The van der Waals surface area contributed by atoms with E-state index < -0.39 is 0 Å². The second-order valence-corrected chi connectivity index (χ2v) is 7.20. The number of aliphatic hydroxyl groups excluding tert-OH is 1. The Kier molecular flexibility index (Phi) is 7.88. The van der Waals surface area contributed by atoms with Crippen molar-refractivity contribution in [1.82, 2.24) is 4.90 Å². The van der Waals surface area contributed by atoms with E-state index in [0.29, 0.717) is 13.2 Å². The molecule has 0 saturated carbocycles. The van der Waals surface area contributed by atoms with Crippen LogP contribution in [0.2, 0.25) is 0 Å². The van der Waals surface area contributed by atoms with Gasteiger partial charge in [-0.25, -0.2) is 0 Å². The fourth-order valence-corrected chi connectivity index (χ4v) is 3.42. The third kappa shape index (κ3) is 5.94. The van der Waals surface area contributed by atoms with Crippen LogP contribution in [0.25, 0.3) is 10.6 Å². The van der Waals surface area contributed by atoms with Crippen LogP contribution in [-0.4, -0.2) is 43.4 Å². The van der Waals surface area contributed by atoms with Crippen LogP contribution >= 0.6 is 11.6 Å². The molecule has 150 valence electrons. The largest absolute Gasteiger partial charge is 0.492 e.